The van der Waals surface area contributed by atoms with Crippen molar-refractivity contribution in [3.8, 4) is 0 Å². The molecule has 0 aromatic heterocycles. The van der Waals surface area contributed by atoms with Crippen LogP contribution in [0.3, 0.4) is 0 Å². The molecule has 3 unspecified atom stereocenters. The summed E-state index contributed by atoms with van der Waals surface area (Å²) in [7, 11) is 0. The molecule has 0 amide bonds. The predicted octanol–water partition coefficient (Wildman–Crippen LogP) is 2.44. The first-order chi connectivity index (χ1) is 5.37. The Morgan fingerprint density at radius 2 is 1.58 bits per heavy atom. The van der Waals surface area contributed by atoms with Crippen LogP contribution in [0.2, 0.25) is 0 Å². The number of rotatable bonds is 0. The van der Waals surface area contributed by atoms with Crippen LogP contribution >= 0.6 is 0 Å². The standard InChI is InChI=1S/C11H20O/c1-10(2)7-5-8(10)11(3,4)9(12)6-7/h7-9,12H,5-6H2,1-4H3. The summed E-state index contributed by atoms with van der Waals surface area (Å²) in [6.45, 7) is 9.16. The highest BCUT2D eigenvalue weighted by atomic mass is 16.3. The Kier molecular flexibility index (Phi) is 1.47. The number of hydrogen-bond acceptors (Lipinski definition) is 1. The first kappa shape index (κ1) is 8.55. The van der Waals surface area contributed by atoms with Crippen LogP contribution in [0.1, 0.15) is 40.5 Å². The van der Waals surface area contributed by atoms with Crippen LogP contribution in [0.15, 0.2) is 0 Å². The Bertz CT molecular complexity index is 205. The minimum Gasteiger partial charge on any atom is -0.393 e. The third-order valence-electron chi connectivity index (χ3n) is 4.74. The molecule has 1 heteroatoms. The molecule has 12 heavy (non-hydrogen) atoms. The topological polar surface area (TPSA) is 20.2 Å². The van der Waals surface area contributed by atoms with Crippen molar-refractivity contribution in [2.45, 2.75) is 46.6 Å². The number of fused-ring (bicyclic) bond motifs is 2. The lowest BCUT2D eigenvalue weighted by atomic mass is 9.41. The second-order valence-corrected chi connectivity index (χ2v) is 5.88. The van der Waals surface area contributed by atoms with E-state index in [4.69, 9.17) is 0 Å². The van der Waals surface area contributed by atoms with E-state index >= 15 is 0 Å². The fraction of sp³-hybridized carbons (Fsp3) is 1.00. The highest BCUT2D eigenvalue weighted by Crippen LogP contribution is 2.65. The van der Waals surface area contributed by atoms with Crippen molar-refractivity contribution in [3.05, 3.63) is 0 Å². The maximum Gasteiger partial charge on any atom is 0.0596 e. The van der Waals surface area contributed by atoms with Crippen LogP contribution in [0.5, 0.6) is 0 Å². The minimum absolute atomic E-state index is 0.0609. The van der Waals surface area contributed by atoms with E-state index in [-0.39, 0.29) is 11.5 Å². The predicted molar refractivity (Wildman–Crippen MR) is 49.8 cm³/mol. The van der Waals surface area contributed by atoms with E-state index in [0.717, 1.165) is 18.3 Å². The van der Waals surface area contributed by atoms with Gasteiger partial charge in [-0.25, -0.2) is 0 Å². The van der Waals surface area contributed by atoms with Crippen LogP contribution in [0.4, 0.5) is 0 Å². The fourth-order valence-corrected chi connectivity index (χ4v) is 3.48. The smallest absolute Gasteiger partial charge is 0.0596 e. The maximum atomic E-state index is 9.87. The highest BCUT2D eigenvalue weighted by molar-refractivity contribution is 5.09. The van der Waals surface area contributed by atoms with E-state index in [1.54, 1.807) is 0 Å². The molecule has 3 atom stereocenters. The van der Waals surface area contributed by atoms with Gasteiger partial charge in [0, 0.05) is 0 Å². The van der Waals surface area contributed by atoms with Gasteiger partial charge in [0.2, 0.25) is 0 Å². The summed E-state index contributed by atoms with van der Waals surface area (Å²) in [5, 5.41) is 9.87. The summed E-state index contributed by atoms with van der Waals surface area (Å²) >= 11 is 0. The Hall–Kier alpha value is -0.0400. The Morgan fingerprint density at radius 1 is 1.00 bits per heavy atom. The van der Waals surface area contributed by atoms with Gasteiger partial charge in [-0.2, -0.15) is 0 Å². The average Bonchev–Trinajstić information content (AvgIpc) is 1.93. The molecule has 3 saturated carbocycles. The third kappa shape index (κ3) is 0.783. The first-order valence-corrected chi connectivity index (χ1v) is 5.05. The molecule has 0 aliphatic heterocycles. The lowest BCUT2D eigenvalue weighted by Gasteiger charge is -2.65. The van der Waals surface area contributed by atoms with E-state index in [2.05, 4.69) is 27.7 Å². The summed E-state index contributed by atoms with van der Waals surface area (Å²) in [6.07, 6.45) is 2.31. The second kappa shape index (κ2) is 2.06. The SMILES string of the molecule is CC1(C)C(O)CC2CC1C2(C)C. The van der Waals surface area contributed by atoms with Gasteiger partial charge in [-0.1, -0.05) is 27.7 Å². The van der Waals surface area contributed by atoms with Crippen LogP contribution < -0.4 is 0 Å². The molecule has 70 valence electrons. The summed E-state index contributed by atoms with van der Waals surface area (Å²) in [5.74, 6) is 1.52. The van der Waals surface area contributed by atoms with E-state index in [1.165, 1.54) is 6.42 Å². The van der Waals surface area contributed by atoms with Gasteiger partial charge in [0.05, 0.1) is 6.10 Å². The van der Waals surface area contributed by atoms with Gasteiger partial charge in [0.25, 0.3) is 0 Å². The van der Waals surface area contributed by atoms with Crippen molar-refractivity contribution in [2.24, 2.45) is 22.7 Å². The minimum atomic E-state index is -0.0609. The molecule has 0 saturated heterocycles. The molecule has 0 aromatic rings. The van der Waals surface area contributed by atoms with Crippen LogP contribution in [0.25, 0.3) is 0 Å². The number of hydrogen-bond donors (Lipinski definition) is 1. The zero-order valence-electron chi connectivity index (χ0n) is 8.59. The molecule has 1 N–H and O–H groups in total. The summed E-state index contributed by atoms with van der Waals surface area (Å²) in [5.41, 5.74) is 0.640. The normalized spacial score (nSPS) is 48.2. The molecule has 0 radical (unpaired) electrons. The maximum absolute atomic E-state index is 9.87. The first-order valence-electron chi connectivity index (χ1n) is 5.05. The zero-order valence-corrected chi connectivity index (χ0v) is 8.59. The Morgan fingerprint density at radius 3 is 1.92 bits per heavy atom. The average molecular weight is 168 g/mol. The molecular formula is C11H20O. The summed E-state index contributed by atoms with van der Waals surface area (Å²) in [4.78, 5) is 0. The van der Waals surface area contributed by atoms with Gasteiger partial charge in [-0.3, -0.25) is 0 Å². The van der Waals surface area contributed by atoms with Gasteiger partial charge in [0.15, 0.2) is 0 Å². The largest absolute Gasteiger partial charge is 0.393 e. The van der Waals surface area contributed by atoms with Gasteiger partial charge >= 0.3 is 0 Å². The number of aliphatic hydroxyl groups is 1. The van der Waals surface area contributed by atoms with E-state index < -0.39 is 0 Å². The lowest BCUT2D eigenvalue weighted by Crippen LogP contribution is -2.61. The van der Waals surface area contributed by atoms with Gasteiger partial charge in [-0.05, 0) is 35.5 Å². The third-order valence-corrected chi connectivity index (χ3v) is 4.74. The zero-order chi connectivity index (χ0) is 9.15. The second-order valence-electron chi connectivity index (χ2n) is 5.88. The molecule has 0 spiro atoms. The lowest BCUT2D eigenvalue weighted by molar-refractivity contribution is -0.200. The molecule has 3 fully saturated rings. The fourth-order valence-electron chi connectivity index (χ4n) is 3.48. The highest BCUT2D eigenvalue weighted by Gasteiger charge is 2.60. The molecule has 1 nitrogen and oxygen atoms in total. The molecule has 3 rings (SSSR count). The Labute approximate surface area is 75.2 Å². The van der Waals surface area contributed by atoms with Crippen molar-refractivity contribution in [1.29, 1.82) is 0 Å². The van der Waals surface area contributed by atoms with Crippen molar-refractivity contribution >= 4 is 0 Å². The summed E-state index contributed by atoms with van der Waals surface area (Å²) < 4.78 is 0. The van der Waals surface area contributed by atoms with E-state index in [9.17, 15) is 5.11 Å². The van der Waals surface area contributed by atoms with Crippen LogP contribution in [-0.4, -0.2) is 11.2 Å². The van der Waals surface area contributed by atoms with Crippen molar-refractivity contribution in [3.63, 3.8) is 0 Å². The molecule has 3 aliphatic rings. The van der Waals surface area contributed by atoms with Gasteiger partial charge in [-0.15, -0.1) is 0 Å². The molecule has 0 aromatic carbocycles. The van der Waals surface area contributed by atoms with E-state index in [1.807, 2.05) is 0 Å². The van der Waals surface area contributed by atoms with E-state index in [0.29, 0.717) is 5.41 Å². The van der Waals surface area contributed by atoms with Gasteiger partial charge in [0.1, 0.15) is 0 Å². The summed E-state index contributed by atoms with van der Waals surface area (Å²) in [6, 6.07) is 0. The van der Waals surface area contributed by atoms with Crippen molar-refractivity contribution in [1.82, 2.24) is 0 Å². The monoisotopic (exact) mass is 168 g/mol. The number of aliphatic hydroxyl groups excluding tert-OH is 1. The molecular weight excluding hydrogens is 148 g/mol. The van der Waals surface area contributed by atoms with Crippen molar-refractivity contribution < 1.29 is 5.11 Å². The van der Waals surface area contributed by atoms with Gasteiger partial charge < -0.3 is 5.11 Å². The molecule has 3 aliphatic carbocycles. The quantitative estimate of drug-likeness (QED) is 0.589. The van der Waals surface area contributed by atoms with Crippen molar-refractivity contribution in [2.75, 3.05) is 0 Å². The molecule has 2 bridgehead atoms. The Balaban J connectivity index is 2.27. The molecule has 0 heterocycles. The van der Waals surface area contributed by atoms with Crippen LogP contribution in [-0.2, 0) is 0 Å². The van der Waals surface area contributed by atoms with Crippen LogP contribution in [0, 0.1) is 22.7 Å².